The van der Waals surface area contributed by atoms with Crippen molar-refractivity contribution in [2.75, 3.05) is 6.54 Å². The van der Waals surface area contributed by atoms with Gasteiger partial charge in [-0.2, -0.15) is 0 Å². The Bertz CT molecular complexity index is 1370. The van der Waals surface area contributed by atoms with Gasteiger partial charge < -0.3 is 24.7 Å². The maximum absolute atomic E-state index is 13.6. The highest BCUT2D eigenvalue weighted by Gasteiger charge is 2.40. The molecule has 0 bridgehead atoms. The third-order valence-corrected chi connectivity index (χ3v) is 7.16. The molecular formula is C31H37N5O6. The second-order valence-electron chi connectivity index (χ2n) is 11.0. The second kappa shape index (κ2) is 13.9. The third kappa shape index (κ3) is 7.39. The number of alkyl carbamates (subject to hydrolysis) is 1. The predicted molar refractivity (Wildman–Crippen MR) is 154 cm³/mol. The number of nitrogens with one attached hydrogen (secondary N) is 2. The van der Waals surface area contributed by atoms with E-state index in [9.17, 15) is 19.2 Å². The van der Waals surface area contributed by atoms with E-state index >= 15 is 0 Å². The van der Waals surface area contributed by atoms with Crippen LogP contribution in [0.25, 0.3) is 11.5 Å². The molecule has 4 rings (SSSR count). The molecule has 1 fully saturated rings. The number of ketones is 1. The number of likely N-dealkylation sites (tertiary alicyclic amines) is 1. The summed E-state index contributed by atoms with van der Waals surface area (Å²) in [5.74, 6) is -1.89. The van der Waals surface area contributed by atoms with Gasteiger partial charge in [0.15, 0.2) is 0 Å². The summed E-state index contributed by atoms with van der Waals surface area (Å²) in [5, 5.41) is 13.4. The van der Waals surface area contributed by atoms with E-state index < -0.39 is 35.9 Å². The molecule has 1 aromatic heterocycles. The van der Waals surface area contributed by atoms with Gasteiger partial charge in [0.1, 0.15) is 18.7 Å². The zero-order chi connectivity index (χ0) is 30.2. The number of hydrogen-bond donors (Lipinski definition) is 2. The minimum Gasteiger partial charge on any atom is -0.445 e. The van der Waals surface area contributed by atoms with Crippen LogP contribution in [-0.2, 0) is 20.9 Å². The number of aromatic nitrogens is 2. The Morgan fingerprint density at radius 1 is 0.905 bits per heavy atom. The largest absolute Gasteiger partial charge is 0.445 e. The Balaban J connectivity index is 1.41. The van der Waals surface area contributed by atoms with Gasteiger partial charge in [-0.3, -0.25) is 14.4 Å². The zero-order valence-electron chi connectivity index (χ0n) is 24.3. The summed E-state index contributed by atoms with van der Waals surface area (Å²) in [4.78, 5) is 54.4. The van der Waals surface area contributed by atoms with Gasteiger partial charge >= 0.3 is 6.09 Å². The van der Waals surface area contributed by atoms with E-state index in [1.165, 1.54) is 4.90 Å². The summed E-state index contributed by atoms with van der Waals surface area (Å²) in [6.07, 6.45) is 0.321. The van der Waals surface area contributed by atoms with Crippen molar-refractivity contribution in [3.63, 3.8) is 0 Å². The average Bonchev–Trinajstić information content (AvgIpc) is 3.68. The summed E-state index contributed by atoms with van der Waals surface area (Å²) in [6, 6.07) is 15.7. The van der Waals surface area contributed by atoms with Gasteiger partial charge in [0.2, 0.25) is 23.5 Å². The summed E-state index contributed by atoms with van der Waals surface area (Å²) in [7, 11) is 0. The number of carbonyl (C=O) groups is 4. The number of ether oxygens (including phenoxy) is 1. The van der Waals surface area contributed by atoms with E-state index in [4.69, 9.17) is 9.15 Å². The van der Waals surface area contributed by atoms with Crippen molar-refractivity contribution in [1.82, 2.24) is 25.7 Å². The number of Topliss-reactive ketones (excluding diaryl/α,β-unsaturated/α-hetero) is 1. The maximum Gasteiger partial charge on any atom is 0.408 e. The Kier molecular flexibility index (Phi) is 10.1. The molecule has 2 N–H and O–H groups in total. The normalized spacial score (nSPS) is 16.2. The minimum absolute atomic E-state index is 0.0674. The molecule has 0 radical (unpaired) electrons. The summed E-state index contributed by atoms with van der Waals surface area (Å²) in [6.45, 7) is 7.64. The van der Waals surface area contributed by atoms with Gasteiger partial charge in [-0.25, -0.2) is 4.79 Å². The minimum atomic E-state index is -0.939. The van der Waals surface area contributed by atoms with Gasteiger partial charge in [0.25, 0.3) is 5.89 Å². The lowest BCUT2D eigenvalue weighted by Crippen LogP contribution is -2.57. The molecule has 0 aliphatic carbocycles. The molecule has 3 aromatic rings. The van der Waals surface area contributed by atoms with Crippen molar-refractivity contribution < 1.29 is 28.3 Å². The van der Waals surface area contributed by atoms with Gasteiger partial charge in [-0.05, 0) is 42.4 Å². The van der Waals surface area contributed by atoms with Crippen LogP contribution in [0, 0.1) is 11.8 Å². The fourth-order valence-electron chi connectivity index (χ4n) is 4.82. The Morgan fingerprint density at radius 2 is 1.55 bits per heavy atom. The average molecular weight is 576 g/mol. The monoisotopic (exact) mass is 575 g/mol. The molecule has 0 spiro atoms. The van der Waals surface area contributed by atoms with E-state index in [-0.39, 0.29) is 36.1 Å². The molecule has 0 saturated carbocycles. The lowest BCUT2D eigenvalue weighted by Gasteiger charge is -2.31. The fourth-order valence-corrected chi connectivity index (χ4v) is 4.82. The van der Waals surface area contributed by atoms with Crippen LogP contribution in [0.15, 0.2) is 65.1 Å². The molecule has 0 unspecified atom stereocenters. The van der Waals surface area contributed by atoms with Crippen LogP contribution in [0.3, 0.4) is 0 Å². The van der Waals surface area contributed by atoms with Gasteiger partial charge in [-0.15, -0.1) is 10.2 Å². The third-order valence-electron chi connectivity index (χ3n) is 7.16. The van der Waals surface area contributed by atoms with Gasteiger partial charge in [0.05, 0.1) is 6.04 Å². The quantitative estimate of drug-likeness (QED) is 0.327. The van der Waals surface area contributed by atoms with E-state index in [0.717, 1.165) is 5.56 Å². The molecule has 1 saturated heterocycles. The number of carbonyl (C=O) groups excluding carboxylic acids is 4. The highest BCUT2D eigenvalue weighted by Crippen LogP contribution is 2.23. The maximum atomic E-state index is 13.6. The molecular weight excluding hydrogens is 538 g/mol. The van der Waals surface area contributed by atoms with E-state index in [1.54, 1.807) is 26.0 Å². The smallest absolute Gasteiger partial charge is 0.408 e. The van der Waals surface area contributed by atoms with Crippen LogP contribution in [0.4, 0.5) is 4.79 Å². The summed E-state index contributed by atoms with van der Waals surface area (Å²) >= 11 is 0. The summed E-state index contributed by atoms with van der Waals surface area (Å²) < 4.78 is 10.9. The second-order valence-corrected chi connectivity index (χ2v) is 11.0. The molecule has 2 aromatic carbocycles. The number of benzene rings is 2. The standard InChI is InChI=1S/C31H37N5O6/c1-19(2)24(26(37)29-35-34-28(42-29)22-14-9-6-10-15-22)32-27(38)23-16-11-17-36(23)30(39)25(20(3)4)33-31(40)41-18-21-12-7-5-8-13-21/h5-10,12-15,19-20,23-25H,11,16-18H2,1-4H3,(H,32,38)(H,33,40)/t23-,24+,25+/m1/s1. The Hall–Kier alpha value is -4.54. The number of rotatable bonds is 11. The van der Waals surface area contributed by atoms with Crippen molar-refractivity contribution in [2.45, 2.75) is 65.3 Å². The molecule has 2 heterocycles. The highest BCUT2D eigenvalue weighted by molar-refractivity contribution is 6.00. The Labute approximate surface area is 245 Å². The lowest BCUT2D eigenvalue weighted by molar-refractivity contribution is -0.141. The van der Waals surface area contributed by atoms with Crippen molar-refractivity contribution in [2.24, 2.45) is 11.8 Å². The molecule has 42 heavy (non-hydrogen) atoms. The SMILES string of the molecule is CC(C)[C@H](NC(=O)[C@H]1CCCN1C(=O)[C@@H](NC(=O)OCc1ccccc1)C(C)C)C(=O)c1nnc(-c2ccccc2)o1. The molecule has 3 atom stereocenters. The van der Waals surface area contributed by atoms with Crippen LogP contribution >= 0.6 is 0 Å². The Morgan fingerprint density at radius 3 is 2.19 bits per heavy atom. The van der Waals surface area contributed by atoms with Gasteiger partial charge in [0, 0.05) is 12.1 Å². The molecule has 1 aliphatic rings. The van der Waals surface area contributed by atoms with Crippen molar-refractivity contribution in [3.05, 3.63) is 72.1 Å². The zero-order valence-corrected chi connectivity index (χ0v) is 24.3. The topological polar surface area (TPSA) is 144 Å². The van der Waals surface area contributed by atoms with Crippen LogP contribution < -0.4 is 10.6 Å². The van der Waals surface area contributed by atoms with E-state index in [2.05, 4.69) is 20.8 Å². The molecule has 222 valence electrons. The fraction of sp³-hybridized carbons (Fsp3) is 0.419. The highest BCUT2D eigenvalue weighted by atomic mass is 16.5. The molecule has 1 aliphatic heterocycles. The van der Waals surface area contributed by atoms with Crippen LogP contribution in [0.1, 0.15) is 56.8 Å². The summed E-state index contributed by atoms with van der Waals surface area (Å²) in [5.41, 5.74) is 1.49. The van der Waals surface area contributed by atoms with Crippen molar-refractivity contribution >= 4 is 23.7 Å². The lowest BCUT2D eigenvalue weighted by atomic mass is 9.98. The van der Waals surface area contributed by atoms with Crippen LogP contribution in [-0.4, -0.2) is 63.5 Å². The molecule has 3 amide bonds. The number of hydrogen-bond acceptors (Lipinski definition) is 8. The van der Waals surface area contributed by atoms with E-state index in [1.807, 2.05) is 62.4 Å². The number of nitrogens with zero attached hydrogens (tertiary/aromatic N) is 3. The number of amides is 3. The van der Waals surface area contributed by atoms with Gasteiger partial charge in [-0.1, -0.05) is 76.2 Å². The first-order valence-electron chi connectivity index (χ1n) is 14.2. The molecule has 11 nitrogen and oxygen atoms in total. The first-order valence-corrected chi connectivity index (χ1v) is 14.2. The van der Waals surface area contributed by atoms with Crippen molar-refractivity contribution in [1.29, 1.82) is 0 Å². The first kappa shape index (κ1) is 30.4. The van der Waals surface area contributed by atoms with E-state index in [0.29, 0.717) is 24.9 Å². The van der Waals surface area contributed by atoms with Crippen LogP contribution in [0.2, 0.25) is 0 Å². The van der Waals surface area contributed by atoms with Crippen LogP contribution in [0.5, 0.6) is 0 Å². The van der Waals surface area contributed by atoms with Crippen molar-refractivity contribution in [3.8, 4) is 11.5 Å². The first-order chi connectivity index (χ1) is 20.2. The molecule has 11 heteroatoms. The predicted octanol–water partition coefficient (Wildman–Crippen LogP) is 4.00.